The lowest BCUT2D eigenvalue weighted by Gasteiger charge is -2.17. The highest BCUT2D eigenvalue weighted by Gasteiger charge is 2.19. The van der Waals surface area contributed by atoms with Gasteiger partial charge < -0.3 is 10.3 Å². The highest BCUT2D eigenvalue weighted by molar-refractivity contribution is 5.97. The predicted molar refractivity (Wildman–Crippen MR) is 67.9 cm³/mol. The van der Waals surface area contributed by atoms with Gasteiger partial charge >= 0.3 is 0 Å². The summed E-state index contributed by atoms with van der Waals surface area (Å²) in [6.07, 6.45) is 2.27. The number of nitrogens with one attached hydrogen (secondary N) is 3. The number of hydrogen-bond acceptors (Lipinski definition) is 3. The SMILES string of the molecule is O=C(C=C1NCCc2c1[nH]c1ccccc21)NO. The second-order valence-electron chi connectivity index (χ2n) is 4.23. The topological polar surface area (TPSA) is 77.2 Å². The van der Waals surface area contributed by atoms with E-state index in [2.05, 4.69) is 16.4 Å². The van der Waals surface area contributed by atoms with Gasteiger partial charge in [0.15, 0.2) is 0 Å². The van der Waals surface area contributed by atoms with Crippen LogP contribution in [0.15, 0.2) is 30.3 Å². The van der Waals surface area contributed by atoms with Gasteiger partial charge in [-0.2, -0.15) is 0 Å². The van der Waals surface area contributed by atoms with Crippen LogP contribution in [0.3, 0.4) is 0 Å². The van der Waals surface area contributed by atoms with Crippen LogP contribution >= 0.6 is 0 Å². The van der Waals surface area contributed by atoms with E-state index in [0.717, 1.165) is 24.2 Å². The number of para-hydroxylation sites is 1. The molecule has 0 aliphatic carbocycles. The molecule has 1 aromatic heterocycles. The lowest BCUT2D eigenvalue weighted by molar-refractivity contribution is -0.124. The third kappa shape index (κ3) is 1.65. The summed E-state index contributed by atoms with van der Waals surface area (Å²) in [5.41, 5.74) is 5.50. The Morgan fingerprint density at radius 1 is 1.39 bits per heavy atom. The van der Waals surface area contributed by atoms with Gasteiger partial charge in [-0.1, -0.05) is 18.2 Å². The van der Waals surface area contributed by atoms with E-state index in [-0.39, 0.29) is 0 Å². The molecule has 0 radical (unpaired) electrons. The van der Waals surface area contributed by atoms with Crippen molar-refractivity contribution in [2.45, 2.75) is 6.42 Å². The first-order valence-electron chi connectivity index (χ1n) is 5.79. The van der Waals surface area contributed by atoms with Crippen LogP contribution in [-0.2, 0) is 11.2 Å². The molecule has 18 heavy (non-hydrogen) atoms. The zero-order valence-electron chi connectivity index (χ0n) is 9.66. The summed E-state index contributed by atoms with van der Waals surface area (Å²) in [4.78, 5) is 14.5. The van der Waals surface area contributed by atoms with Crippen molar-refractivity contribution >= 4 is 22.5 Å². The first-order chi connectivity index (χ1) is 8.79. The van der Waals surface area contributed by atoms with Crippen molar-refractivity contribution in [3.63, 3.8) is 0 Å². The number of hydroxylamine groups is 1. The Labute approximate surface area is 103 Å². The Balaban J connectivity index is 2.16. The zero-order chi connectivity index (χ0) is 12.5. The molecule has 1 aliphatic rings. The van der Waals surface area contributed by atoms with Gasteiger partial charge in [-0.05, 0) is 18.1 Å². The van der Waals surface area contributed by atoms with Crippen LogP contribution in [0.1, 0.15) is 11.3 Å². The molecule has 2 aromatic rings. The minimum atomic E-state index is -0.538. The number of fused-ring (bicyclic) bond motifs is 3. The molecule has 0 bridgehead atoms. The van der Waals surface area contributed by atoms with E-state index in [4.69, 9.17) is 5.21 Å². The first kappa shape index (κ1) is 10.9. The van der Waals surface area contributed by atoms with Crippen LogP contribution in [-0.4, -0.2) is 22.6 Å². The second-order valence-corrected chi connectivity index (χ2v) is 4.23. The van der Waals surface area contributed by atoms with Crippen molar-refractivity contribution < 1.29 is 10.0 Å². The maximum Gasteiger partial charge on any atom is 0.269 e. The van der Waals surface area contributed by atoms with Gasteiger partial charge in [0, 0.05) is 23.5 Å². The van der Waals surface area contributed by atoms with Crippen molar-refractivity contribution in [1.29, 1.82) is 0 Å². The fraction of sp³-hybridized carbons (Fsp3) is 0.154. The van der Waals surface area contributed by atoms with Crippen LogP contribution in [0.4, 0.5) is 0 Å². The summed E-state index contributed by atoms with van der Waals surface area (Å²) in [6.45, 7) is 0.777. The largest absolute Gasteiger partial charge is 0.383 e. The molecule has 0 saturated carbocycles. The number of aromatic nitrogens is 1. The maximum absolute atomic E-state index is 11.2. The standard InChI is InChI=1S/C13H13N3O2/c17-12(16-18)7-11-13-9(5-6-14-11)8-3-1-2-4-10(8)15-13/h1-4,7,14-15,18H,5-6H2,(H,16,17). The summed E-state index contributed by atoms with van der Waals surface area (Å²) >= 11 is 0. The smallest absolute Gasteiger partial charge is 0.269 e. The first-order valence-corrected chi connectivity index (χ1v) is 5.79. The number of carbonyl (C=O) groups is 1. The number of hydrogen-bond donors (Lipinski definition) is 4. The third-order valence-electron chi connectivity index (χ3n) is 3.16. The van der Waals surface area contributed by atoms with Crippen LogP contribution in [0.5, 0.6) is 0 Å². The molecule has 0 atom stereocenters. The summed E-state index contributed by atoms with van der Waals surface area (Å²) in [7, 11) is 0. The van der Waals surface area contributed by atoms with Gasteiger partial charge in [0.2, 0.25) is 0 Å². The van der Waals surface area contributed by atoms with Crippen molar-refractivity contribution in [2.75, 3.05) is 6.54 Å². The Hall–Kier alpha value is -2.27. The quantitative estimate of drug-likeness (QED) is 0.345. The molecule has 0 unspecified atom stereocenters. The van der Waals surface area contributed by atoms with Crippen molar-refractivity contribution in [1.82, 2.24) is 15.8 Å². The third-order valence-corrected chi connectivity index (χ3v) is 3.16. The molecule has 0 spiro atoms. The van der Waals surface area contributed by atoms with Crippen molar-refractivity contribution in [2.24, 2.45) is 0 Å². The molecule has 92 valence electrons. The summed E-state index contributed by atoms with van der Waals surface area (Å²) in [6, 6.07) is 8.06. The van der Waals surface area contributed by atoms with Crippen LogP contribution in [0.2, 0.25) is 0 Å². The normalized spacial score (nSPS) is 16.4. The van der Waals surface area contributed by atoms with E-state index >= 15 is 0 Å². The molecule has 2 heterocycles. The number of amides is 1. The van der Waals surface area contributed by atoms with Crippen LogP contribution in [0, 0.1) is 0 Å². The van der Waals surface area contributed by atoms with Crippen LogP contribution in [0.25, 0.3) is 16.6 Å². The molecule has 0 fully saturated rings. The summed E-state index contributed by atoms with van der Waals surface area (Å²) in [5, 5.41) is 12.9. The lowest BCUT2D eigenvalue weighted by Crippen LogP contribution is -2.25. The van der Waals surface area contributed by atoms with Crippen LogP contribution < -0.4 is 10.8 Å². The molecule has 5 heteroatoms. The maximum atomic E-state index is 11.2. The highest BCUT2D eigenvalue weighted by atomic mass is 16.5. The molecule has 0 saturated heterocycles. The Bertz CT molecular complexity index is 643. The second kappa shape index (κ2) is 4.19. The van der Waals surface area contributed by atoms with Crippen molar-refractivity contribution in [3.05, 3.63) is 41.6 Å². The number of benzene rings is 1. The van der Waals surface area contributed by atoms with E-state index in [1.165, 1.54) is 17.0 Å². The Morgan fingerprint density at radius 3 is 3.06 bits per heavy atom. The van der Waals surface area contributed by atoms with E-state index in [9.17, 15) is 4.79 Å². The number of aromatic amines is 1. The van der Waals surface area contributed by atoms with Gasteiger partial charge in [-0.15, -0.1) is 0 Å². The molecule has 5 nitrogen and oxygen atoms in total. The molecular weight excluding hydrogens is 230 g/mol. The average Bonchev–Trinajstić information content (AvgIpc) is 2.78. The van der Waals surface area contributed by atoms with E-state index in [1.807, 2.05) is 18.2 Å². The van der Waals surface area contributed by atoms with Gasteiger partial charge in [0.25, 0.3) is 5.91 Å². The predicted octanol–water partition coefficient (Wildman–Crippen LogP) is 1.16. The monoisotopic (exact) mass is 243 g/mol. The van der Waals surface area contributed by atoms with E-state index in [0.29, 0.717) is 5.70 Å². The van der Waals surface area contributed by atoms with E-state index < -0.39 is 5.91 Å². The number of carbonyl (C=O) groups excluding carboxylic acids is 1. The number of rotatable bonds is 1. The lowest BCUT2D eigenvalue weighted by atomic mass is 10.0. The number of H-pyrrole nitrogens is 1. The van der Waals surface area contributed by atoms with E-state index in [1.54, 1.807) is 5.48 Å². The summed E-state index contributed by atoms with van der Waals surface area (Å²) < 4.78 is 0. The molecular formula is C13H13N3O2. The van der Waals surface area contributed by atoms with Crippen molar-refractivity contribution in [3.8, 4) is 0 Å². The minimum Gasteiger partial charge on any atom is -0.383 e. The fourth-order valence-electron chi connectivity index (χ4n) is 2.39. The minimum absolute atomic E-state index is 0.538. The Morgan fingerprint density at radius 2 is 2.22 bits per heavy atom. The van der Waals surface area contributed by atoms with Gasteiger partial charge in [-0.25, -0.2) is 5.48 Å². The summed E-state index contributed by atoms with van der Waals surface area (Å²) in [5.74, 6) is -0.538. The molecule has 1 amide bonds. The Kier molecular flexibility index (Phi) is 2.53. The molecule has 1 aromatic carbocycles. The van der Waals surface area contributed by atoms with Gasteiger partial charge in [-0.3, -0.25) is 10.0 Å². The molecule has 4 N–H and O–H groups in total. The highest BCUT2D eigenvalue weighted by Crippen LogP contribution is 2.29. The van der Waals surface area contributed by atoms with Gasteiger partial charge in [0.05, 0.1) is 11.4 Å². The zero-order valence-corrected chi connectivity index (χ0v) is 9.66. The fourth-order valence-corrected chi connectivity index (χ4v) is 2.39. The van der Waals surface area contributed by atoms with Gasteiger partial charge in [0.1, 0.15) is 0 Å². The molecule has 1 aliphatic heterocycles. The molecule has 3 rings (SSSR count). The average molecular weight is 243 g/mol.